The topological polar surface area (TPSA) is 58.5 Å². The lowest BCUT2D eigenvalue weighted by Gasteiger charge is -2.05. The second kappa shape index (κ2) is 5.03. The Morgan fingerprint density at radius 1 is 0.941 bits per heavy atom. The van der Waals surface area contributed by atoms with E-state index >= 15 is 0 Å². The van der Waals surface area contributed by atoms with E-state index in [-0.39, 0.29) is 17.2 Å². The third-order valence-corrected chi connectivity index (χ3v) is 2.28. The molecule has 1 N–H and O–H groups in total. The molecular weight excluding hydrogens is 216 g/mol. The SMILES string of the molecule is O=Nc1ccccc1C(=O)Nc1ccccc1. The molecule has 0 radical (unpaired) electrons. The van der Waals surface area contributed by atoms with Crippen molar-refractivity contribution in [2.75, 3.05) is 5.32 Å². The molecule has 4 heteroatoms. The van der Waals surface area contributed by atoms with Crippen LogP contribution >= 0.6 is 0 Å². The summed E-state index contributed by atoms with van der Waals surface area (Å²) in [7, 11) is 0. The van der Waals surface area contributed by atoms with E-state index in [1.807, 2.05) is 18.2 Å². The van der Waals surface area contributed by atoms with Crippen molar-refractivity contribution in [1.82, 2.24) is 0 Å². The third-order valence-electron chi connectivity index (χ3n) is 2.28. The highest BCUT2D eigenvalue weighted by atomic mass is 16.3. The fourth-order valence-electron chi connectivity index (χ4n) is 1.47. The van der Waals surface area contributed by atoms with Crippen molar-refractivity contribution >= 4 is 17.3 Å². The van der Waals surface area contributed by atoms with Gasteiger partial charge in [-0.15, -0.1) is 4.91 Å². The first-order chi connectivity index (χ1) is 8.31. The zero-order chi connectivity index (χ0) is 12.1. The van der Waals surface area contributed by atoms with Crippen molar-refractivity contribution in [2.45, 2.75) is 0 Å². The molecule has 0 saturated carbocycles. The molecule has 0 unspecified atom stereocenters. The summed E-state index contributed by atoms with van der Waals surface area (Å²) in [5, 5.41) is 5.52. The maximum absolute atomic E-state index is 11.9. The van der Waals surface area contributed by atoms with E-state index in [2.05, 4.69) is 10.5 Å². The van der Waals surface area contributed by atoms with E-state index in [1.54, 1.807) is 30.3 Å². The molecule has 0 saturated heterocycles. The fraction of sp³-hybridized carbons (Fsp3) is 0. The number of hydrogen-bond donors (Lipinski definition) is 1. The molecule has 0 atom stereocenters. The Balaban J connectivity index is 2.23. The van der Waals surface area contributed by atoms with Crippen LogP contribution in [0.3, 0.4) is 0 Å². The van der Waals surface area contributed by atoms with Crippen LogP contribution < -0.4 is 5.32 Å². The van der Waals surface area contributed by atoms with Gasteiger partial charge in [0, 0.05) is 5.69 Å². The van der Waals surface area contributed by atoms with Gasteiger partial charge in [0.2, 0.25) is 0 Å². The van der Waals surface area contributed by atoms with E-state index < -0.39 is 0 Å². The quantitative estimate of drug-likeness (QED) is 0.816. The minimum atomic E-state index is -0.341. The summed E-state index contributed by atoms with van der Waals surface area (Å²) in [5.74, 6) is -0.341. The largest absolute Gasteiger partial charge is 0.322 e. The Morgan fingerprint density at radius 3 is 2.29 bits per heavy atom. The second-order valence-corrected chi connectivity index (χ2v) is 3.43. The van der Waals surface area contributed by atoms with E-state index in [1.165, 1.54) is 6.07 Å². The summed E-state index contributed by atoms with van der Waals surface area (Å²) in [6.45, 7) is 0. The maximum Gasteiger partial charge on any atom is 0.257 e. The van der Waals surface area contributed by atoms with Crippen molar-refractivity contribution in [3.05, 3.63) is 65.1 Å². The Kier molecular flexibility index (Phi) is 3.25. The highest BCUT2D eigenvalue weighted by molar-refractivity contribution is 6.07. The van der Waals surface area contributed by atoms with Crippen LogP contribution in [0, 0.1) is 4.91 Å². The first-order valence-electron chi connectivity index (χ1n) is 5.10. The summed E-state index contributed by atoms with van der Waals surface area (Å²) in [4.78, 5) is 22.4. The summed E-state index contributed by atoms with van der Waals surface area (Å²) in [6, 6.07) is 15.5. The van der Waals surface area contributed by atoms with Crippen molar-refractivity contribution in [3.8, 4) is 0 Å². The van der Waals surface area contributed by atoms with Gasteiger partial charge in [0.1, 0.15) is 5.69 Å². The van der Waals surface area contributed by atoms with Crippen LogP contribution in [-0.2, 0) is 0 Å². The molecule has 0 aliphatic heterocycles. The monoisotopic (exact) mass is 226 g/mol. The highest BCUT2D eigenvalue weighted by Crippen LogP contribution is 2.19. The predicted octanol–water partition coefficient (Wildman–Crippen LogP) is 3.34. The molecule has 0 bridgehead atoms. The molecule has 0 aromatic heterocycles. The van der Waals surface area contributed by atoms with E-state index in [0.29, 0.717) is 5.69 Å². The Labute approximate surface area is 98.3 Å². The van der Waals surface area contributed by atoms with Gasteiger partial charge in [-0.05, 0) is 29.4 Å². The molecule has 0 aliphatic carbocycles. The van der Waals surface area contributed by atoms with E-state index in [4.69, 9.17) is 0 Å². The molecule has 2 aromatic carbocycles. The lowest BCUT2D eigenvalue weighted by Crippen LogP contribution is -2.11. The standard InChI is InChI=1S/C13H10N2O2/c16-13(14-10-6-2-1-3-7-10)11-8-4-5-9-12(11)15-17/h1-9H,(H,14,16). The van der Waals surface area contributed by atoms with Crippen molar-refractivity contribution in [3.63, 3.8) is 0 Å². The number of anilines is 1. The number of nitroso groups, excluding NO2 is 1. The first kappa shape index (κ1) is 11.0. The predicted molar refractivity (Wildman–Crippen MR) is 66.3 cm³/mol. The number of nitrogens with one attached hydrogen (secondary N) is 1. The molecule has 84 valence electrons. The second-order valence-electron chi connectivity index (χ2n) is 3.43. The molecular formula is C13H10N2O2. The molecule has 2 aromatic rings. The van der Waals surface area contributed by atoms with Crippen LogP contribution in [-0.4, -0.2) is 5.91 Å². The van der Waals surface area contributed by atoms with Gasteiger partial charge >= 0.3 is 0 Å². The van der Waals surface area contributed by atoms with Crippen LogP contribution in [0.4, 0.5) is 11.4 Å². The molecule has 0 heterocycles. The number of para-hydroxylation sites is 1. The number of hydrogen-bond acceptors (Lipinski definition) is 3. The molecule has 17 heavy (non-hydrogen) atoms. The van der Waals surface area contributed by atoms with Crippen molar-refractivity contribution < 1.29 is 4.79 Å². The third kappa shape index (κ3) is 2.55. The first-order valence-corrected chi connectivity index (χ1v) is 5.10. The number of nitrogens with zero attached hydrogens (tertiary/aromatic N) is 1. The number of amides is 1. The molecule has 2 rings (SSSR count). The van der Waals surface area contributed by atoms with Crippen LogP contribution in [0.2, 0.25) is 0 Å². The number of carbonyl (C=O) groups is 1. The van der Waals surface area contributed by atoms with Gasteiger partial charge in [0.15, 0.2) is 0 Å². The summed E-state index contributed by atoms with van der Waals surface area (Å²) >= 11 is 0. The van der Waals surface area contributed by atoms with Gasteiger partial charge in [-0.3, -0.25) is 4.79 Å². The van der Waals surface area contributed by atoms with Crippen molar-refractivity contribution in [1.29, 1.82) is 0 Å². The minimum Gasteiger partial charge on any atom is -0.322 e. The summed E-state index contributed by atoms with van der Waals surface area (Å²) in [6.07, 6.45) is 0. The molecule has 4 nitrogen and oxygen atoms in total. The molecule has 0 aliphatic rings. The smallest absolute Gasteiger partial charge is 0.257 e. The molecule has 0 fully saturated rings. The van der Waals surface area contributed by atoms with Crippen LogP contribution in [0.15, 0.2) is 59.8 Å². The van der Waals surface area contributed by atoms with Gasteiger partial charge in [-0.1, -0.05) is 30.3 Å². The zero-order valence-corrected chi connectivity index (χ0v) is 8.96. The Morgan fingerprint density at radius 2 is 1.59 bits per heavy atom. The van der Waals surface area contributed by atoms with Crippen LogP contribution in [0.5, 0.6) is 0 Å². The average Bonchev–Trinajstić information content (AvgIpc) is 2.40. The lowest BCUT2D eigenvalue weighted by atomic mass is 10.1. The highest BCUT2D eigenvalue weighted by Gasteiger charge is 2.11. The number of carbonyl (C=O) groups excluding carboxylic acids is 1. The fourth-order valence-corrected chi connectivity index (χ4v) is 1.47. The number of benzene rings is 2. The normalized spacial score (nSPS) is 9.65. The zero-order valence-electron chi connectivity index (χ0n) is 8.96. The van der Waals surface area contributed by atoms with E-state index in [9.17, 15) is 9.70 Å². The van der Waals surface area contributed by atoms with Gasteiger partial charge in [-0.2, -0.15) is 0 Å². The van der Waals surface area contributed by atoms with Gasteiger partial charge in [0.05, 0.1) is 5.56 Å². The average molecular weight is 226 g/mol. The number of rotatable bonds is 3. The minimum absolute atomic E-state index is 0.140. The maximum atomic E-state index is 11.9. The molecule has 1 amide bonds. The molecule has 0 spiro atoms. The van der Waals surface area contributed by atoms with E-state index in [0.717, 1.165) is 0 Å². The van der Waals surface area contributed by atoms with Gasteiger partial charge < -0.3 is 5.32 Å². The summed E-state index contributed by atoms with van der Waals surface area (Å²) < 4.78 is 0. The van der Waals surface area contributed by atoms with Crippen molar-refractivity contribution in [2.24, 2.45) is 5.18 Å². The van der Waals surface area contributed by atoms with Crippen LogP contribution in [0.1, 0.15) is 10.4 Å². The van der Waals surface area contributed by atoms with Gasteiger partial charge in [0.25, 0.3) is 5.91 Å². The Bertz CT molecular complexity index is 538. The lowest BCUT2D eigenvalue weighted by molar-refractivity contribution is 0.102. The van der Waals surface area contributed by atoms with Gasteiger partial charge in [-0.25, -0.2) is 0 Å². The Hall–Kier alpha value is -2.49. The van der Waals surface area contributed by atoms with Crippen LogP contribution in [0.25, 0.3) is 0 Å². The summed E-state index contributed by atoms with van der Waals surface area (Å²) in [5.41, 5.74) is 1.09.